The molecule has 0 spiro atoms. The van der Waals surface area contributed by atoms with Crippen molar-refractivity contribution in [1.82, 2.24) is 0 Å². The second kappa shape index (κ2) is 7.52. The number of hydrogen-bond acceptors (Lipinski definition) is 1. The highest BCUT2D eigenvalue weighted by Gasteiger charge is 1.98. The maximum absolute atomic E-state index is 5.72. The fourth-order valence-electron chi connectivity index (χ4n) is 1.31. The number of ether oxygens (including phenoxy) is 1. The van der Waals surface area contributed by atoms with Crippen molar-refractivity contribution >= 4 is 22.0 Å². The largest absolute Gasteiger partial charge is 0.493 e. The van der Waals surface area contributed by atoms with Crippen LogP contribution in [0.4, 0.5) is 0 Å². The van der Waals surface area contributed by atoms with Crippen molar-refractivity contribution in [2.45, 2.75) is 19.8 Å². The van der Waals surface area contributed by atoms with Crippen molar-refractivity contribution < 1.29 is 4.74 Å². The molecule has 0 fully saturated rings. The van der Waals surface area contributed by atoms with Crippen molar-refractivity contribution in [3.63, 3.8) is 0 Å². The van der Waals surface area contributed by atoms with Crippen molar-refractivity contribution in [3.8, 4) is 5.75 Å². The van der Waals surface area contributed by atoms with Crippen LogP contribution in [0.5, 0.6) is 5.75 Å². The highest BCUT2D eigenvalue weighted by atomic mass is 79.9. The van der Waals surface area contributed by atoms with E-state index in [0.29, 0.717) is 0 Å². The minimum atomic E-state index is 0.792. The summed E-state index contributed by atoms with van der Waals surface area (Å²) in [5, 5.41) is 1.05. The Morgan fingerprint density at radius 1 is 1.27 bits per heavy atom. The minimum absolute atomic E-state index is 0.792. The molecular formula is C13H17BrO. The summed E-state index contributed by atoms with van der Waals surface area (Å²) in [6.45, 7) is 2.81. The van der Waals surface area contributed by atoms with Gasteiger partial charge in [-0.15, -0.1) is 0 Å². The normalized spacial score (nSPS) is 10.8. The summed E-state index contributed by atoms with van der Waals surface area (Å²) in [4.78, 5) is 0. The average molecular weight is 269 g/mol. The van der Waals surface area contributed by atoms with Gasteiger partial charge in [0.15, 0.2) is 0 Å². The first-order valence-corrected chi connectivity index (χ1v) is 6.41. The Bertz CT molecular complexity index is 307. The monoisotopic (exact) mass is 268 g/mol. The maximum atomic E-state index is 5.72. The molecule has 0 saturated carbocycles. The van der Waals surface area contributed by atoms with Gasteiger partial charge < -0.3 is 4.74 Å². The lowest BCUT2D eigenvalue weighted by molar-refractivity contribution is 0.309. The number of para-hydroxylation sites is 1. The molecule has 0 unspecified atom stereocenters. The molecule has 0 aliphatic heterocycles. The summed E-state index contributed by atoms with van der Waals surface area (Å²) in [7, 11) is 0. The predicted molar refractivity (Wildman–Crippen MR) is 69.7 cm³/mol. The van der Waals surface area contributed by atoms with E-state index in [2.05, 4.69) is 28.1 Å². The molecule has 82 valence electrons. The lowest BCUT2D eigenvalue weighted by Crippen LogP contribution is -1.98. The van der Waals surface area contributed by atoms with E-state index < -0.39 is 0 Å². The molecule has 1 nitrogen and oxygen atoms in total. The lowest BCUT2D eigenvalue weighted by Gasteiger charge is -2.08. The second-order valence-corrected chi connectivity index (χ2v) is 4.08. The number of benzene rings is 1. The van der Waals surface area contributed by atoms with E-state index in [9.17, 15) is 0 Å². The lowest BCUT2D eigenvalue weighted by atomic mass is 10.2. The molecule has 0 radical (unpaired) electrons. The quantitative estimate of drug-likeness (QED) is 0.553. The zero-order chi connectivity index (χ0) is 10.9. The summed E-state index contributed by atoms with van der Waals surface area (Å²) >= 11 is 3.41. The first kappa shape index (κ1) is 12.3. The van der Waals surface area contributed by atoms with Gasteiger partial charge in [-0.1, -0.05) is 46.3 Å². The smallest absolute Gasteiger partial charge is 0.126 e. The van der Waals surface area contributed by atoms with E-state index in [0.717, 1.165) is 36.1 Å². The molecule has 2 heteroatoms. The molecule has 0 aliphatic carbocycles. The van der Waals surface area contributed by atoms with Crippen LogP contribution in [0, 0.1) is 0 Å². The molecular weight excluding hydrogens is 252 g/mol. The van der Waals surface area contributed by atoms with Crippen LogP contribution in [0.15, 0.2) is 30.3 Å². The van der Waals surface area contributed by atoms with Gasteiger partial charge in [-0.05, 0) is 25.8 Å². The standard InChI is InChI=1S/C13H17BrO/c1-2-7-12-8-3-4-9-13(12)15-11-6-5-10-14/h2-4,7-9H,5-6,10-11H2,1H3/b7-2+. The Morgan fingerprint density at radius 3 is 2.80 bits per heavy atom. The van der Waals surface area contributed by atoms with Crippen LogP contribution in [0.1, 0.15) is 25.3 Å². The van der Waals surface area contributed by atoms with Gasteiger partial charge in [-0.2, -0.15) is 0 Å². The van der Waals surface area contributed by atoms with E-state index in [-0.39, 0.29) is 0 Å². The Labute approximate surface area is 100 Å². The van der Waals surface area contributed by atoms with Gasteiger partial charge in [-0.25, -0.2) is 0 Å². The first-order valence-electron chi connectivity index (χ1n) is 5.29. The van der Waals surface area contributed by atoms with Crippen LogP contribution in [-0.2, 0) is 0 Å². The molecule has 15 heavy (non-hydrogen) atoms. The topological polar surface area (TPSA) is 9.23 Å². The van der Waals surface area contributed by atoms with Gasteiger partial charge in [0.1, 0.15) is 5.75 Å². The molecule has 0 aromatic heterocycles. The van der Waals surface area contributed by atoms with Crippen LogP contribution >= 0.6 is 15.9 Å². The molecule has 0 saturated heterocycles. The molecule has 0 heterocycles. The molecule has 0 atom stereocenters. The zero-order valence-electron chi connectivity index (χ0n) is 9.08. The van der Waals surface area contributed by atoms with Crippen LogP contribution in [0.25, 0.3) is 6.08 Å². The van der Waals surface area contributed by atoms with Crippen molar-refractivity contribution in [2.24, 2.45) is 0 Å². The van der Waals surface area contributed by atoms with Crippen molar-refractivity contribution in [1.29, 1.82) is 0 Å². The fraction of sp³-hybridized carbons (Fsp3) is 0.385. The van der Waals surface area contributed by atoms with Crippen LogP contribution in [-0.4, -0.2) is 11.9 Å². The Balaban J connectivity index is 2.51. The fourth-order valence-corrected chi connectivity index (χ4v) is 1.70. The van der Waals surface area contributed by atoms with Crippen LogP contribution < -0.4 is 4.74 Å². The van der Waals surface area contributed by atoms with Crippen molar-refractivity contribution in [2.75, 3.05) is 11.9 Å². The van der Waals surface area contributed by atoms with Crippen LogP contribution in [0.3, 0.4) is 0 Å². The summed E-state index contributed by atoms with van der Waals surface area (Å²) in [5.74, 6) is 0.977. The minimum Gasteiger partial charge on any atom is -0.493 e. The number of unbranched alkanes of at least 4 members (excludes halogenated alkanes) is 1. The van der Waals surface area contributed by atoms with Gasteiger partial charge in [-0.3, -0.25) is 0 Å². The number of allylic oxidation sites excluding steroid dienone is 1. The molecule has 1 rings (SSSR count). The molecule has 0 N–H and O–H groups in total. The maximum Gasteiger partial charge on any atom is 0.126 e. The Morgan fingerprint density at radius 2 is 2.07 bits per heavy atom. The van der Waals surface area contributed by atoms with E-state index in [1.54, 1.807) is 0 Å². The number of halogens is 1. The van der Waals surface area contributed by atoms with E-state index in [1.807, 2.05) is 31.2 Å². The number of hydrogen-bond donors (Lipinski definition) is 0. The zero-order valence-corrected chi connectivity index (χ0v) is 10.7. The van der Waals surface area contributed by atoms with Gasteiger partial charge >= 0.3 is 0 Å². The third-order valence-corrected chi connectivity index (χ3v) is 2.61. The van der Waals surface area contributed by atoms with E-state index >= 15 is 0 Å². The van der Waals surface area contributed by atoms with Gasteiger partial charge in [0.25, 0.3) is 0 Å². The Kier molecular flexibility index (Phi) is 6.17. The second-order valence-electron chi connectivity index (χ2n) is 3.28. The molecule has 0 bridgehead atoms. The average Bonchev–Trinajstić information content (AvgIpc) is 2.27. The van der Waals surface area contributed by atoms with Gasteiger partial charge in [0.2, 0.25) is 0 Å². The summed E-state index contributed by atoms with van der Waals surface area (Å²) in [5.41, 5.74) is 1.15. The number of alkyl halides is 1. The molecule has 1 aromatic rings. The molecule has 0 aliphatic rings. The highest BCUT2D eigenvalue weighted by Crippen LogP contribution is 2.19. The highest BCUT2D eigenvalue weighted by molar-refractivity contribution is 9.09. The van der Waals surface area contributed by atoms with Gasteiger partial charge in [0.05, 0.1) is 6.61 Å². The van der Waals surface area contributed by atoms with Crippen molar-refractivity contribution in [3.05, 3.63) is 35.9 Å². The first-order chi connectivity index (χ1) is 7.38. The summed E-state index contributed by atoms with van der Waals surface area (Å²) in [6, 6.07) is 8.12. The summed E-state index contributed by atoms with van der Waals surface area (Å²) < 4.78 is 5.72. The third-order valence-electron chi connectivity index (χ3n) is 2.05. The Hall–Kier alpha value is -0.760. The number of rotatable bonds is 6. The third kappa shape index (κ3) is 4.52. The van der Waals surface area contributed by atoms with Crippen LogP contribution in [0.2, 0.25) is 0 Å². The van der Waals surface area contributed by atoms with E-state index in [4.69, 9.17) is 4.74 Å². The molecule has 0 amide bonds. The van der Waals surface area contributed by atoms with E-state index in [1.165, 1.54) is 0 Å². The SMILES string of the molecule is C/C=C/c1ccccc1OCCCCBr. The summed E-state index contributed by atoms with van der Waals surface area (Å²) in [6.07, 6.45) is 6.35. The predicted octanol–water partition coefficient (Wildman–Crippen LogP) is 4.27. The van der Waals surface area contributed by atoms with Gasteiger partial charge in [0, 0.05) is 10.9 Å². The molecule has 1 aromatic carbocycles.